The summed E-state index contributed by atoms with van der Waals surface area (Å²) >= 11 is 0. The fourth-order valence-corrected chi connectivity index (χ4v) is 2.45. The molecule has 1 fully saturated rings. The van der Waals surface area contributed by atoms with Gasteiger partial charge in [0.1, 0.15) is 0 Å². The zero-order valence-corrected chi connectivity index (χ0v) is 10.9. The molecular formula is C13H26N2O. The van der Waals surface area contributed by atoms with E-state index in [9.17, 15) is 4.79 Å². The Labute approximate surface area is 99.2 Å². The van der Waals surface area contributed by atoms with Gasteiger partial charge in [-0.15, -0.1) is 0 Å². The number of carbonyl (C=O) groups excluding carboxylic acids is 1. The Morgan fingerprint density at radius 3 is 2.38 bits per heavy atom. The fraction of sp³-hybridized carbons (Fsp3) is 0.923. The van der Waals surface area contributed by atoms with Gasteiger partial charge in [-0.2, -0.15) is 0 Å². The summed E-state index contributed by atoms with van der Waals surface area (Å²) in [5.41, 5.74) is 5.07. The van der Waals surface area contributed by atoms with Crippen LogP contribution in [0, 0.1) is 11.8 Å². The quantitative estimate of drug-likeness (QED) is 0.754. The van der Waals surface area contributed by atoms with Crippen molar-refractivity contribution in [1.29, 1.82) is 0 Å². The van der Waals surface area contributed by atoms with Gasteiger partial charge >= 0.3 is 0 Å². The predicted molar refractivity (Wildman–Crippen MR) is 67.0 cm³/mol. The standard InChI is InChI=1S/C13H26N2O/c1-10-4-6-11(7-5-10)9-15-13(2,3)8-12(14)16/h10-11,15H,4-9H2,1-3H3,(H2,14,16). The van der Waals surface area contributed by atoms with Crippen LogP contribution in [0.5, 0.6) is 0 Å². The molecular weight excluding hydrogens is 200 g/mol. The minimum absolute atomic E-state index is 0.158. The molecule has 0 bridgehead atoms. The number of primary amides is 1. The van der Waals surface area contributed by atoms with Gasteiger partial charge in [0.2, 0.25) is 5.91 Å². The number of nitrogens with one attached hydrogen (secondary N) is 1. The van der Waals surface area contributed by atoms with Crippen LogP contribution in [0.2, 0.25) is 0 Å². The van der Waals surface area contributed by atoms with E-state index in [1.54, 1.807) is 0 Å². The average Bonchev–Trinajstić information content (AvgIpc) is 2.15. The summed E-state index contributed by atoms with van der Waals surface area (Å²) in [4.78, 5) is 10.9. The molecule has 1 saturated carbocycles. The summed E-state index contributed by atoms with van der Waals surface area (Å²) in [6, 6.07) is 0. The highest BCUT2D eigenvalue weighted by Gasteiger charge is 2.23. The molecule has 3 nitrogen and oxygen atoms in total. The van der Waals surface area contributed by atoms with Gasteiger partial charge < -0.3 is 11.1 Å². The smallest absolute Gasteiger partial charge is 0.219 e. The Bertz CT molecular complexity index is 230. The van der Waals surface area contributed by atoms with E-state index in [4.69, 9.17) is 5.73 Å². The summed E-state index contributed by atoms with van der Waals surface area (Å²) in [6.07, 6.45) is 5.75. The maximum atomic E-state index is 10.9. The van der Waals surface area contributed by atoms with Crippen LogP contribution in [0.15, 0.2) is 0 Å². The molecule has 0 unspecified atom stereocenters. The van der Waals surface area contributed by atoms with Crippen molar-refractivity contribution in [3.8, 4) is 0 Å². The Kier molecular flexibility index (Phi) is 4.78. The van der Waals surface area contributed by atoms with Crippen molar-refractivity contribution in [3.05, 3.63) is 0 Å². The van der Waals surface area contributed by atoms with Crippen LogP contribution in [0.4, 0.5) is 0 Å². The number of nitrogens with two attached hydrogens (primary N) is 1. The van der Waals surface area contributed by atoms with Gasteiger partial charge in [-0.05, 0) is 45.1 Å². The second-order valence-corrected chi connectivity index (χ2v) is 6.03. The topological polar surface area (TPSA) is 55.1 Å². The van der Waals surface area contributed by atoms with Gasteiger partial charge in [0, 0.05) is 12.0 Å². The van der Waals surface area contributed by atoms with E-state index in [1.165, 1.54) is 25.7 Å². The van der Waals surface area contributed by atoms with Crippen molar-refractivity contribution in [2.45, 2.75) is 58.4 Å². The fourth-order valence-electron chi connectivity index (χ4n) is 2.45. The third-order valence-corrected chi connectivity index (χ3v) is 3.62. The molecule has 16 heavy (non-hydrogen) atoms. The molecule has 0 radical (unpaired) electrons. The lowest BCUT2D eigenvalue weighted by atomic mass is 9.82. The van der Waals surface area contributed by atoms with Crippen LogP contribution in [0.3, 0.4) is 0 Å². The molecule has 1 rings (SSSR count). The first-order chi connectivity index (χ1) is 7.39. The Balaban J connectivity index is 2.25. The minimum Gasteiger partial charge on any atom is -0.370 e. The first-order valence-electron chi connectivity index (χ1n) is 6.42. The first-order valence-corrected chi connectivity index (χ1v) is 6.42. The molecule has 3 N–H and O–H groups in total. The van der Waals surface area contributed by atoms with Crippen LogP contribution >= 0.6 is 0 Å². The van der Waals surface area contributed by atoms with Crippen LogP contribution in [0.1, 0.15) is 52.9 Å². The summed E-state index contributed by atoms with van der Waals surface area (Å²) in [5.74, 6) is 1.45. The highest BCUT2D eigenvalue weighted by Crippen LogP contribution is 2.28. The van der Waals surface area contributed by atoms with E-state index >= 15 is 0 Å². The molecule has 1 aliphatic rings. The third kappa shape index (κ3) is 4.97. The van der Waals surface area contributed by atoms with Gasteiger partial charge in [0.15, 0.2) is 0 Å². The van der Waals surface area contributed by atoms with Crippen LogP contribution in [-0.2, 0) is 4.79 Å². The number of hydrogen-bond acceptors (Lipinski definition) is 2. The lowest BCUT2D eigenvalue weighted by Crippen LogP contribution is -2.45. The van der Waals surface area contributed by atoms with Crippen molar-refractivity contribution in [2.24, 2.45) is 17.6 Å². The third-order valence-electron chi connectivity index (χ3n) is 3.62. The number of carbonyl (C=O) groups is 1. The lowest BCUT2D eigenvalue weighted by molar-refractivity contribution is -0.119. The largest absolute Gasteiger partial charge is 0.370 e. The second kappa shape index (κ2) is 5.67. The van der Waals surface area contributed by atoms with Gasteiger partial charge in [-0.3, -0.25) is 4.79 Å². The van der Waals surface area contributed by atoms with Crippen LogP contribution < -0.4 is 11.1 Å². The Hall–Kier alpha value is -0.570. The zero-order valence-electron chi connectivity index (χ0n) is 10.9. The molecule has 0 aromatic carbocycles. The molecule has 0 saturated heterocycles. The Morgan fingerprint density at radius 1 is 1.31 bits per heavy atom. The van der Waals surface area contributed by atoms with Gasteiger partial charge in [0.05, 0.1) is 0 Å². The summed E-state index contributed by atoms with van der Waals surface area (Å²) in [7, 11) is 0. The van der Waals surface area contributed by atoms with E-state index in [-0.39, 0.29) is 11.4 Å². The molecule has 3 heteroatoms. The molecule has 1 aliphatic carbocycles. The number of amides is 1. The highest BCUT2D eigenvalue weighted by atomic mass is 16.1. The predicted octanol–water partition coefficient (Wildman–Crippen LogP) is 2.06. The van der Waals surface area contributed by atoms with E-state index in [0.717, 1.165) is 18.4 Å². The molecule has 94 valence electrons. The van der Waals surface area contributed by atoms with Crippen molar-refractivity contribution >= 4 is 5.91 Å². The van der Waals surface area contributed by atoms with Gasteiger partial charge in [0.25, 0.3) is 0 Å². The van der Waals surface area contributed by atoms with Crippen LogP contribution in [0.25, 0.3) is 0 Å². The maximum absolute atomic E-state index is 10.9. The van der Waals surface area contributed by atoms with E-state index in [1.807, 2.05) is 13.8 Å². The van der Waals surface area contributed by atoms with Gasteiger partial charge in [-0.25, -0.2) is 0 Å². The SMILES string of the molecule is CC1CCC(CNC(C)(C)CC(N)=O)CC1. The van der Waals surface area contributed by atoms with Crippen molar-refractivity contribution in [3.63, 3.8) is 0 Å². The molecule has 0 atom stereocenters. The molecule has 0 aromatic heterocycles. The number of hydrogen-bond donors (Lipinski definition) is 2. The molecule has 0 aromatic rings. The molecule has 1 amide bonds. The Morgan fingerprint density at radius 2 is 1.88 bits per heavy atom. The lowest BCUT2D eigenvalue weighted by Gasteiger charge is -2.31. The average molecular weight is 226 g/mol. The zero-order chi connectivity index (χ0) is 12.2. The normalized spacial score (nSPS) is 26.7. The molecule has 0 heterocycles. The van der Waals surface area contributed by atoms with Crippen molar-refractivity contribution in [2.75, 3.05) is 6.54 Å². The summed E-state index contributed by atoms with van der Waals surface area (Å²) in [5, 5.41) is 3.47. The maximum Gasteiger partial charge on any atom is 0.219 e. The summed E-state index contributed by atoms with van der Waals surface area (Å²) in [6.45, 7) is 7.44. The highest BCUT2D eigenvalue weighted by molar-refractivity contribution is 5.74. The van der Waals surface area contributed by atoms with Gasteiger partial charge in [-0.1, -0.05) is 19.8 Å². The van der Waals surface area contributed by atoms with E-state index in [2.05, 4.69) is 12.2 Å². The first kappa shape index (κ1) is 13.5. The number of rotatable bonds is 5. The van der Waals surface area contributed by atoms with Crippen molar-refractivity contribution in [1.82, 2.24) is 5.32 Å². The molecule has 0 spiro atoms. The van der Waals surface area contributed by atoms with E-state index < -0.39 is 0 Å². The monoisotopic (exact) mass is 226 g/mol. The second-order valence-electron chi connectivity index (χ2n) is 6.03. The van der Waals surface area contributed by atoms with Crippen molar-refractivity contribution < 1.29 is 4.79 Å². The van der Waals surface area contributed by atoms with E-state index in [0.29, 0.717) is 6.42 Å². The molecule has 0 aliphatic heterocycles. The van der Waals surface area contributed by atoms with Crippen LogP contribution in [-0.4, -0.2) is 18.0 Å². The minimum atomic E-state index is -0.227. The summed E-state index contributed by atoms with van der Waals surface area (Å²) < 4.78 is 0.